The predicted octanol–water partition coefficient (Wildman–Crippen LogP) is 3.80. The lowest BCUT2D eigenvalue weighted by Crippen LogP contribution is -2.05. The molecular formula is C16H12F4O4. The van der Waals surface area contributed by atoms with E-state index in [4.69, 9.17) is 5.11 Å². The molecule has 0 aliphatic heterocycles. The standard InChI is InChI=1S/C9H8F2O2.C7H4F2O2/c1-2-13-9(12)6-3-4-7(10)8(11)5-6;8-5-2-1-4(7(10)11)3-6(5)9/h3-5H,2H2,1H3;1-3H,(H,10,11). The summed E-state index contributed by atoms with van der Waals surface area (Å²) in [5.41, 5.74) is -0.246. The van der Waals surface area contributed by atoms with Crippen molar-refractivity contribution in [2.75, 3.05) is 6.61 Å². The molecule has 0 radical (unpaired) electrons. The number of carbonyl (C=O) groups excluding carboxylic acids is 1. The van der Waals surface area contributed by atoms with Crippen LogP contribution in [0.4, 0.5) is 17.6 Å². The van der Waals surface area contributed by atoms with Crippen LogP contribution in [0.1, 0.15) is 27.6 Å². The summed E-state index contributed by atoms with van der Waals surface area (Å²) in [6.45, 7) is 1.84. The summed E-state index contributed by atoms with van der Waals surface area (Å²) in [4.78, 5) is 21.2. The van der Waals surface area contributed by atoms with E-state index in [1.54, 1.807) is 6.92 Å². The highest BCUT2D eigenvalue weighted by atomic mass is 19.2. The topological polar surface area (TPSA) is 63.6 Å². The number of esters is 1. The molecule has 0 unspecified atom stereocenters. The second-order valence-electron chi connectivity index (χ2n) is 4.28. The quantitative estimate of drug-likeness (QED) is 0.679. The summed E-state index contributed by atoms with van der Waals surface area (Å²) in [5, 5.41) is 8.31. The number of ether oxygens (including phenoxy) is 1. The van der Waals surface area contributed by atoms with E-state index in [9.17, 15) is 27.2 Å². The Morgan fingerprint density at radius 3 is 1.75 bits per heavy atom. The Morgan fingerprint density at radius 2 is 1.33 bits per heavy atom. The monoisotopic (exact) mass is 344 g/mol. The van der Waals surface area contributed by atoms with Crippen LogP contribution in [0, 0.1) is 23.3 Å². The number of halogens is 4. The van der Waals surface area contributed by atoms with Crippen molar-refractivity contribution >= 4 is 11.9 Å². The van der Waals surface area contributed by atoms with Gasteiger partial charge in [0.25, 0.3) is 0 Å². The van der Waals surface area contributed by atoms with Crippen LogP contribution in [0.25, 0.3) is 0 Å². The molecule has 1 N–H and O–H groups in total. The molecule has 2 aromatic carbocycles. The minimum atomic E-state index is -1.27. The van der Waals surface area contributed by atoms with Gasteiger partial charge in [-0.25, -0.2) is 27.2 Å². The van der Waals surface area contributed by atoms with Gasteiger partial charge in [0.15, 0.2) is 23.3 Å². The summed E-state index contributed by atoms with van der Waals surface area (Å²) < 4.78 is 54.1. The number of hydrogen-bond acceptors (Lipinski definition) is 3. The normalized spacial score (nSPS) is 9.71. The van der Waals surface area contributed by atoms with Crippen LogP contribution in [0.3, 0.4) is 0 Å². The van der Waals surface area contributed by atoms with E-state index in [1.165, 1.54) is 6.07 Å². The minimum Gasteiger partial charge on any atom is -0.478 e. The van der Waals surface area contributed by atoms with Crippen LogP contribution in [0.15, 0.2) is 36.4 Å². The molecule has 0 spiro atoms. The van der Waals surface area contributed by atoms with Gasteiger partial charge in [0.05, 0.1) is 17.7 Å². The first kappa shape index (κ1) is 19.1. The summed E-state index contributed by atoms with van der Waals surface area (Å²) in [6.07, 6.45) is 0. The van der Waals surface area contributed by atoms with Gasteiger partial charge in [-0.05, 0) is 43.3 Å². The molecule has 0 bridgehead atoms. The Labute approximate surface area is 134 Å². The lowest BCUT2D eigenvalue weighted by molar-refractivity contribution is 0.0525. The van der Waals surface area contributed by atoms with Crippen molar-refractivity contribution < 1.29 is 37.0 Å². The minimum absolute atomic E-state index is 0.0146. The molecule has 0 atom stereocenters. The third kappa shape index (κ3) is 5.38. The van der Waals surface area contributed by atoms with Gasteiger partial charge in [-0.3, -0.25) is 0 Å². The number of rotatable bonds is 3. The van der Waals surface area contributed by atoms with Gasteiger partial charge in [0.1, 0.15) is 0 Å². The molecule has 2 aromatic rings. The Balaban J connectivity index is 0.000000243. The summed E-state index contributed by atoms with van der Waals surface area (Å²) >= 11 is 0. The van der Waals surface area contributed by atoms with Crippen LogP contribution in [0.5, 0.6) is 0 Å². The zero-order valence-corrected chi connectivity index (χ0v) is 12.4. The van der Waals surface area contributed by atoms with Crippen LogP contribution >= 0.6 is 0 Å². The number of carboxylic acids is 1. The average Bonchev–Trinajstić information content (AvgIpc) is 2.53. The van der Waals surface area contributed by atoms with Gasteiger partial charge in [0.2, 0.25) is 0 Å². The van der Waals surface area contributed by atoms with Crippen LogP contribution in [-0.2, 0) is 4.74 Å². The molecule has 0 saturated carbocycles. The van der Waals surface area contributed by atoms with E-state index >= 15 is 0 Å². The Bertz CT molecular complexity index is 747. The number of aromatic carboxylic acids is 1. The lowest BCUT2D eigenvalue weighted by Gasteiger charge is -2.01. The van der Waals surface area contributed by atoms with Gasteiger partial charge in [-0.1, -0.05) is 0 Å². The smallest absolute Gasteiger partial charge is 0.338 e. The summed E-state index contributed by atoms with van der Waals surface area (Å²) in [6, 6.07) is 5.29. The van der Waals surface area contributed by atoms with Gasteiger partial charge in [0, 0.05) is 0 Å². The molecule has 4 nitrogen and oxygen atoms in total. The second kappa shape index (κ2) is 8.66. The molecule has 0 fully saturated rings. The van der Waals surface area contributed by atoms with Crippen molar-refractivity contribution in [2.45, 2.75) is 6.92 Å². The zero-order chi connectivity index (χ0) is 18.3. The van der Waals surface area contributed by atoms with Crippen molar-refractivity contribution in [1.82, 2.24) is 0 Å². The van der Waals surface area contributed by atoms with E-state index < -0.39 is 35.2 Å². The van der Waals surface area contributed by atoms with Crippen LogP contribution in [0.2, 0.25) is 0 Å². The fourth-order valence-corrected chi connectivity index (χ4v) is 1.47. The number of carbonyl (C=O) groups is 2. The third-order valence-corrected chi connectivity index (χ3v) is 2.60. The molecule has 0 amide bonds. The molecule has 0 saturated heterocycles. The van der Waals surface area contributed by atoms with E-state index in [2.05, 4.69) is 4.74 Å². The highest BCUT2D eigenvalue weighted by Gasteiger charge is 2.09. The Kier molecular flexibility index (Phi) is 6.91. The van der Waals surface area contributed by atoms with Gasteiger partial charge < -0.3 is 9.84 Å². The molecule has 0 aliphatic rings. The van der Waals surface area contributed by atoms with Crippen molar-refractivity contribution in [3.63, 3.8) is 0 Å². The molecule has 2 rings (SSSR count). The van der Waals surface area contributed by atoms with Gasteiger partial charge >= 0.3 is 11.9 Å². The molecule has 8 heteroatoms. The van der Waals surface area contributed by atoms with E-state index in [0.29, 0.717) is 6.07 Å². The largest absolute Gasteiger partial charge is 0.478 e. The Hall–Kier alpha value is -2.90. The van der Waals surface area contributed by atoms with Crippen molar-refractivity contribution in [2.24, 2.45) is 0 Å². The first-order chi connectivity index (χ1) is 11.3. The lowest BCUT2D eigenvalue weighted by atomic mass is 10.2. The van der Waals surface area contributed by atoms with Gasteiger partial charge in [-0.2, -0.15) is 0 Å². The van der Waals surface area contributed by atoms with Crippen LogP contribution < -0.4 is 0 Å². The first-order valence-corrected chi connectivity index (χ1v) is 6.56. The summed E-state index contributed by atoms with van der Waals surface area (Å²) in [5.74, 6) is -6.15. The van der Waals surface area contributed by atoms with Crippen molar-refractivity contribution in [1.29, 1.82) is 0 Å². The highest BCUT2D eigenvalue weighted by Crippen LogP contribution is 2.09. The van der Waals surface area contributed by atoms with E-state index in [1.807, 2.05) is 0 Å². The number of benzene rings is 2. The predicted molar refractivity (Wildman–Crippen MR) is 75.6 cm³/mol. The molecule has 0 aliphatic carbocycles. The van der Waals surface area contributed by atoms with Crippen LogP contribution in [-0.4, -0.2) is 23.7 Å². The van der Waals surface area contributed by atoms with E-state index in [0.717, 1.165) is 24.3 Å². The molecule has 128 valence electrons. The summed E-state index contributed by atoms with van der Waals surface area (Å²) in [7, 11) is 0. The average molecular weight is 344 g/mol. The third-order valence-electron chi connectivity index (χ3n) is 2.60. The van der Waals surface area contributed by atoms with Crippen molar-refractivity contribution in [3.8, 4) is 0 Å². The Morgan fingerprint density at radius 1 is 0.875 bits per heavy atom. The maximum Gasteiger partial charge on any atom is 0.338 e. The number of carboxylic acid groups (broad SMARTS) is 1. The first-order valence-electron chi connectivity index (χ1n) is 6.56. The maximum absolute atomic E-state index is 12.6. The number of hydrogen-bond donors (Lipinski definition) is 1. The van der Waals surface area contributed by atoms with E-state index in [-0.39, 0.29) is 17.7 Å². The fraction of sp³-hybridized carbons (Fsp3) is 0.125. The second-order valence-corrected chi connectivity index (χ2v) is 4.28. The maximum atomic E-state index is 12.6. The molecule has 0 heterocycles. The zero-order valence-electron chi connectivity index (χ0n) is 12.4. The fourth-order valence-electron chi connectivity index (χ4n) is 1.47. The SMILES string of the molecule is CCOC(=O)c1ccc(F)c(F)c1.O=C(O)c1ccc(F)c(F)c1. The highest BCUT2D eigenvalue weighted by molar-refractivity contribution is 5.89. The molecule has 0 aromatic heterocycles. The molecule has 24 heavy (non-hydrogen) atoms. The van der Waals surface area contributed by atoms with Gasteiger partial charge in [-0.15, -0.1) is 0 Å². The van der Waals surface area contributed by atoms with Crippen molar-refractivity contribution in [3.05, 3.63) is 70.8 Å². The molecular weight excluding hydrogens is 332 g/mol.